The maximum Gasteiger partial charge on any atom is 0.137 e. The molecular formula is C13H12ClN3O. The number of hydrogen-bond acceptors (Lipinski definition) is 3. The third-order valence-electron chi connectivity index (χ3n) is 2.67. The van der Waals surface area contributed by atoms with Crippen molar-refractivity contribution in [2.24, 2.45) is 0 Å². The van der Waals surface area contributed by atoms with Crippen LogP contribution >= 0.6 is 11.6 Å². The van der Waals surface area contributed by atoms with Crippen molar-refractivity contribution in [3.63, 3.8) is 0 Å². The van der Waals surface area contributed by atoms with Crippen LogP contribution in [0.25, 0.3) is 5.69 Å². The van der Waals surface area contributed by atoms with Gasteiger partial charge in [-0.15, -0.1) is 0 Å². The van der Waals surface area contributed by atoms with Crippen LogP contribution < -0.4 is 4.74 Å². The summed E-state index contributed by atoms with van der Waals surface area (Å²) >= 11 is 6.07. The molecule has 18 heavy (non-hydrogen) atoms. The molecule has 0 saturated carbocycles. The molecule has 0 aliphatic rings. The fourth-order valence-electron chi connectivity index (χ4n) is 1.68. The van der Waals surface area contributed by atoms with Gasteiger partial charge in [0.15, 0.2) is 0 Å². The number of rotatable bonds is 3. The molecule has 2 aromatic rings. The van der Waals surface area contributed by atoms with E-state index in [-0.39, 0.29) is 0 Å². The van der Waals surface area contributed by atoms with E-state index in [4.69, 9.17) is 21.6 Å². The lowest BCUT2D eigenvalue weighted by molar-refractivity contribution is 0.415. The molecule has 0 radical (unpaired) electrons. The molecule has 92 valence electrons. The molecule has 0 fully saturated rings. The van der Waals surface area contributed by atoms with Gasteiger partial charge in [-0.05, 0) is 25.1 Å². The normalized spacial score (nSPS) is 10.1. The number of ether oxygens (including phenoxy) is 1. The second-order valence-electron chi connectivity index (χ2n) is 3.84. The van der Waals surface area contributed by atoms with Crippen LogP contribution in [0.2, 0.25) is 5.02 Å². The molecule has 4 nitrogen and oxygen atoms in total. The van der Waals surface area contributed by atoms with Gasteiger partial charge in [0.05, 0.1) is 36.0 Å². The van der Waals surface area contributed by atoms with E-state index in [2.05, 4.69) is 11.2 Å². The molecule has 0 aliphatic carbocycles. The van der Waals surface area contributed by atoms with Gasteiger partial charge < -0.3 is 4.74 Å². The number of nitriles is 1. The Morgan fingerprint density at radius 3 is 2.89 bits per heavy atom. The van der Waals surface area contributed by atoms with E-state index < -0.39 is 0 Å². The minimum Gasteiger partial charge on any atom is -0.495 e. The largest absolute Gasteiger partial charge is 0.495 e. The predicted octanol–water partition coefficient (Wildman–Crippen LogP) is 2.91. The van der Waals surface area contributed by atoms with E-state index in [1.165, 1.54) is 0 Å². The zero-order valence-corrected chi connectivity index (χ0v) is 10.9. The molecule has 2 rings (SSSR count). The van der Waals surface area contributed by atoms with E-state index in [1.54, 1.807) is 23.9 Å². The summed E-state index contributed by atoms with van der Waals surface area (Å²) in [5, 5.41) is 13.6. The first-order chi connectivity index (χ1) is 8.65. The van der Waals surface area contributed by atoms with Gasteiger partial charge in [-0.1, -0.05) is 11.6 Å². The van der Waals surface area contributed by atoms with Gasteiger partial charge in [-0.25, -0.2) is 4.68 Å². The summed E-state index contributed by atoms with van der Waals surface area (Å²) < 4.78 is 6.81. The van der Waals surface area contributed by atoms with Crippen molar-refractivity contribution in [2.75, 3.05) is 7.11 Å². The van der Waals surface area contributed by atoms with Gasteiger partial charge in [0, 0.05) is 11.8 Å². The highest BCUT2D eigenvalue weighted by Gasteiger charge is 2.08. The van der Waals surface area contributed by atoms with Crippen molar-refractivity contribution in [3.05, 3.63) is 40.7 Å². The Morgan fingerprint density at radius 1 is 1.50 bits per heavy atom. The average molecular weight is 262 g/mol. The molecule has 0 amide bonds. The van der Waals surface area contributed by atoms with Crippen LogP contribution in [0.1, 0.15) is 11.3 Å². The van der Waals surface area contributed by atoms with E-state index in [9.17, 15) is 0 Å². The van der Waals surface area contributed by atoms with Gasteiger partial charge in [0.25, 0.3) is 0 Å². The van der Waals surface area contributed by atoms with Crippen LogP contribution in [0.5, 0.6) is 5.75 Å². The smallest absolute Gasteiger partial charge is 0.137 e. The SMILES string of the molecule is COc1ccc(-n2cc(CC#N)c(C)n2)cc1Cl. The summed E-state index contributed by atoms with van der Waals surface area (Å²) in [7, 11) is 1.57. The number of methoxy groups -OCH3 is 1. The highest BCUT2D eigenvalue weighted by atomic mass is 35.5. The van der Waals surface area contributed by atoms with E-state index >= 15 is 0 Å². The monoisotopic (exact) mass is 261 g/mol. The summed E-state index contributed by atoms with van der Waals surface area (Å²) in [4.78, 5) is 0. The Morgan fingerprint density at radius 2 is 2.28 bits per heavy atom. The maximum atomic E-state index is 8.71. The number of halogens is 1. The van der Waals surface area contributed by atoms with Crippen molar-refractivity contribution in [3.8, 4) is 17.5 Å². The molecule has 1 aromatic heterocycles. The standard InChI is InChI=1S/C13H12ClN3O/c1-9-10(5-6-15)8-17(16-9)11-3-4-13(18-2)12(14)7-11/h3-4,7-8H,5H2,1-2H3. The second kappa shape index (κ2) is 5.11. The van der Waals surface area contributed by atoms with Crippen molar-refractivity contribution < 1.29 is 4.74 Å². The summed E-state index contributed by atoms with van der Waals surface area (Å²) in [6.07, 6.45) is 2.20. The summed E-state index contributed by atoms with van der Waals surface area (Å²) in [5.41, 5.74) is 2.61. The Bertz CT molecular complexity index is 613. The maximum absolute atomic E-state index is 8.71. The number of aryl methyl sites for hydroxylation is 1. The molecular weight excluding hydrogens is 250 g/mol. The van der Waals surface area contributed by atoms with Crippen LogP contribution in [-0.2, 0) is 6.42 Å². The zero-order valence-electron chi connectivity index (χ0n) is 10.1. The van der Waals surface area contributed by atoms with E-state index in [0.29, 0.717) is 17.2 Å². The quantitative estimate of drug-likeness (QED) is 0.854. The Balaban J connectivity index is 2.40. The Hall–Kier alpha value is -1.99. The highest BCUT2D eigenvalue weighted by Crippen LogP contribution is 2.26. The van der Waals surface area contributed by atoms with Gasteiger partial charge in [-0.3, -0.25) is 0 Å². The number of aromatic nitrogens is 2. The molecule has 0 N–H and O–H groups in total. The number of benzene rings is 1. The second-order valence-corrected chi connectivity index (χ2v) is 4.25. The minimum absolute atomic E-state index is 0.357. The summed E-state index contributed by atoms with van der Waals surface area (Å²) in [6, 6.07) is 7.56. The molecule has 0 unspecified atom stereocenters. The summed E-state index contributed by atoms with van der Waals surface area (Å²) in [6.45, 7) is 1.88. The molecule has 0 bridgehead atoms. The summed E-state index contributed by atoms with van der Waals surface area (Å²) in [5.74, 6) is 0.626. The third-order valence-corrected chi connectivity index (χ3v) is 2.97. The molecule has 5 heteroatoms. The van der Waals surface area contributed by atoms with Crippen molar-refractivity contribution in [1.82, 2.24) is 9.78 Å². The lowest BCUT2D eigenvalue weighted by Crippen LogP contribution is -1.95. The Labute approximate surface area is 110 Å². The van der Waals surface area contributed by atoms with Crippen LogP contribution in [0.4, 0.5) is 0 Å². The first-order valence-electron chi connectivity index (χ1n) is 5.41. The van der Waals surface area contributed by atoms with Crippen LogP contribution in [0.3, 0.4) is 0 Å². The number of nitrogens with zero attached hydrogens (tertiary/aromatic N) is 3. The molecule has 0 aliphatic heterocycles. The molecule has 1 aromatic carbocycles. The first-order valence-corrected chi connectivity index (χ1v) is 5.79. The molecule has 0 spiro atoms. The van der Waals surface area contributed by atoms with Crippen LogP contribution in [0, 0.1) is 18.3 Å². The fourth-order valence-corrected chi connectivity index (χ4v) is 1.94. The predicted molar refractivity (Wildman–Crippen MR) is 69.2 cm³/mol. The average Bonchev–Trinajstić information content (AvgIpc) is 2.71. The van der Waals surface area contributed by atoms with E-state index in [0.717, 1.165) is 16.9 Å². The van der Waals surface area contributed by atoms with Crippen LogP contribution in [0.15, 0.2) is 24.4 Å². The van der Waals surface area contributed by atoms with Crippen molar-refractivity contribution in [1.29, 1.82) is 5.26 Å². The molecule has 0 saturated heterocycles. The first kappa shape index (κ1) is 12.5. The lowest BCUT2D eigenvalue weighted by Gasteiger charge is -2.05. The highest BCUT2D eigenvalue weighted by molar-refractivity contribution is 6.32. The topological polar surface area (TPSA) is 50.8 Å². The van der Waals surface area contributed by atoms with E-state index in [1.807, 2.05) is 19.2 Å². The van der Waals surface area contributed by atoms with Gasteiger partial charge in [0.1, 0.15) is 5.75 Å². The third kappa shape index (κ3) is 2.31. The van der Waals surface area contributed by atoms with Gasteiger partial charge >= 0.3 is 0 Å². The Kier molecular flexibility index (Phi) is 3.54. The van der Waals surface area contributed by atoms with Gasteiger partial charge in [-0.2, -0.15) is 10.4 Å². The molecule has 0 atom stereocenters. The van der Waals surface area contributed by atoms with Crippen LogP contribution in [-0.4, -0.2) is 16.9 Å². The van der Waals surface area contributed by atoms with Gasteiger partial charge in [0.2, 0.25) is 0 Å². The fraction of sp³-hybridized carbons (Fsp3) is 0.231. The molecule has 1 heterocycles. The van der Waals surface area contributed by atoms with Crippen molar-refractivity contribution >= 4 is 11.6 Å². The zero-order chi connectivity index (χ0) is 13.1. The van der Waals surface area contributed by atoms with Crippen molar-refractivity contribution in [2.45, 2.75) is 13.3 Å². The minimum atomic E-state index is 0.357. The number of hydrogen-bond donors (Lipinski definition) is 0. The lowest BCUT2D eigenvalue weighted by atomic mass is 10.2.